The topological polar surface area (TPSA) is 84.3 Å². The van der Waals surface area contributed by atoms with E-state index in [1.54, 1.807) is 36.8 Å². The molecule has 1 aliphatic rings. The summed E-state index contributed by atoms with van der Waals surface area (Å²) in [6, 6.07) is 13.7. The summed E-state index contributed by atoms with van der Waals surface area (Å²) in [5.41, 5.74) is 2.92. The predicted molar refractivity (Wildman–Crippen MR) is 118 cm³/mol. The number of nitrogens with one attached hydrogen (secondary N) is 1. The zero-order chi connectivity index (χ0) is 21.8. The van der Waals surface area contributed by atoms with Gasteiger partial charge in [-0.3, -0.25) is 4.79 Å². The van der Waals surface area contributed by atoms with E-state index in [9.17, 15) is 13.2 Å². The van der Waals surface area contributed by atoms with Crippen molar-refractivity contribution in [2.75, 3.05) is 6.54 Å². The van der Waals surface area contributed by atoms with Crippen LogP contribution in [0.25, 0.3) is 0 Å². The second-order valence-corrected chi connectivity index (χ2v) is 9.69. The van der Waals surface area contributed by atoms with Crippen LogP contribution >= 0.6 is 0 Å². The van der Waals surface area contributed by atoms with E-state index < -0.39 is 16.1 Å². The molecule has 1 amide bonds. The summed E-state index contributed by atoms with van der Waals surface area (Å²) in [6.45, 7) is 3.29. The molecule has 1 atom stereocenters. The quantitative estimate of drug-likeness (QED) is 0.575. The summed E-state index contributed by atoms with van der Waals surface area (Å²) in [7, 11) is -3.82. The van der Waals surface area contributed by atoms with Crippen LogP contribution in [0.4, 0.5) is 0 Å². The Morgan fingerprint density at radius 2 is 1.87 bits per heavy atom. The molecule has 0 saturated heterocycles. The van der Waals surface area contributed by atoms with Crippen molar-refractivity contribution in [3.8, 4) is 0 Å². The monoisotopic (exact) mass is 438 g/mol. The molecule has 0 radical (unpaired) electrons. The number of nitrogens with zero attached hydrogens (tertiary/aromatic N) is 3. The first-order chi connectivity index (χ1) is 14.9. The van der Waals surface area contributed by atoms with Crippen LogP contribution < -0.4 is 5.32 Å². The molecule has 2 aromatic carbocycles. The maximum absolute atomic E-state index is 13.4. The number of rotatable bonds is 7. The Hall–Kier alpha value is -2.97. The fourth-order valence-electron chi connectivity index (χ4n) is 3.83. The Labute approximate surface area is 182 Å². The summed E-state index contributed by atoms with van der Waals surface area (Å²) in [5, 5.41) is 2.93. The molecular formula is C23H26N4O3S. The minimum atomic E-state index is -3.82. The van der Waals surface area contributed by atoms with Crippen molar-refractivity contribution in [1.29, 1.82) is 0 Å². The van der Waals surface area contributed by atoms with Crippen molar-refractivity contribution in [2.24, 2.45) is 0 Å². The van der Waals surface area contributed by atoms with Crippen molar-refractivity contribution < 1.29 is 13.2 Å². The second-order valence-electron chi connectivity index (χ2n) is 7.80. The largest absolute Gasteiger partial charge is 0.355 e. The molecule has 4 rings (SSSR count). The highest BCUT2D eigenvalue weighted by atomic mass is 32.2. The second kappa shape index (κ2) is 9.03. The van der Waals surface area contributed by atoms with E-state index in [1.165, 1.54) is 4.31 Å². The Morgan fingerprint density at radius 1 is 1.13 bits per heavy atom. The first kappa shape index (κ1) is 21.3. The molecule has 3 aromatic rings. The summed E-state index contributed by atoms with van der Waals surface area (Å²) in [5.74, 6) is -0.268. The number of hydrogen-bond donors (Lipinski definition) is 1. The Bertz CT molecular complexity index is 1140. The number of fused-ring (bicyclic) bond motifs is 1. The molecule has 0 unspecified atom stereocenters. The number of carbonyl (C=O) groups is 1. The summed E-state index contributed by atoms with van der Waals surface area (Å²) in [6.07, 6.45) is 6.40. The lowest BCUT2D eigenvalue weighted by molar-refractivity contribution is -0.125. The van der Waals surface area contributed by atoms with Gasteiger partial charge >= 0.3 is 0 Å². The molecular weight excluding hydrogens is 412 g/mol. The van der Waals surface area contributed by atoms with Crippen LogP contribution in [0.3, 0.4) is 0 Å². The molecule has 8 heteroatoms. The molecule has 0 fully saturated rings. The van der Waals surface area contributed by atoms with Gasteiger partial charge in [-0.15, -0.1) is 0 Å². The lowest BCUT2D eigenvalue weighted by Gasteiger charge is -2.35. The van der Waals surface area contributed by atoms with Gasteiger partial charge in [-0.2, -0.15) is 4.31 Å². The van der Waals surface area contributed by atoms with Crippen LogP contribution in [0.5, 0.6) is 0 Å². The van der Waals surface area contributed by atoms with E-state index in [0.29, 0.717) is 13.0 Å². The van der Waals surface area contributed by atoms with Gasteiger partial charge in [0.05, 0.1) is 11.2 Å². The van der Waals surface area contributed by atoms with Gasteiger partial charge in [0.1, 0.15) is 6.04 Å². The van der Waals surface area contributed by atoms with Gasteiger partial charge in [0.15, 0.2) is 0 Å². The number of aryl methyl sites for hydroxylation is 2. The molecule has 162 valence electrons. The zero-order valence-corrected chi connectivity index (χ0v) is 18.3. The van der Waals surface area contributed by atoms with Gasteiger partial charge < -0.3 is 9.88 Å². The van der Waals surface area contributed by atoms with Crippen molar-refractivity contribution in [1.82, 2.24) is 19.2 Å². The number of carbonyl (C=O) groups excluding carboxylic acids is 1. The van der Waals surface area contributed by atoms with Crippen LogP contribution in [-0.2, 0) is 34.3 Å². The summed E-state index contributed by atoms with van der Waals surface area (Å²) in [4.78, 5) is 17.3. The third kappa shape index (κ3) is 4.70. The van der Waals surface area contributed by atoms with Crippen LogP contribution in [0.15, 0.2) is 72.1 Å². The maximum Gasteiger partial charge on any atom is 0.244 e. The number of benzene rings is 2. The van der Waals surface area contributed by atoms with Gasteiger partial charge in [0.2, 0.25) is 15.9 Å². The normalized spacial score (nSPS) is 16.6. The number of aromatic nitrogens is 2. The molecule has 0 spiro atoms. The van der Waals surface area contributed by atoms with E-state index in [4.69, 9.17) is 0 Å². The van der Waals surface area contributed by atoms with Gasteiger partial charge in [0.25, 0.3) is 0 Å². The number of imidazole rings is 1. The fraction of sp³-hybridized carbons (Fsp3) is 0.304. The van der Waals surface area contributed by atoms with Gasteiger partial charge in [-0.05, 0) is 43.0 Å². The van der Waals surface area contributed by atoms with Crippen LogP contribution in [0.1, 0.15) is 23.1 Å². The lowest BCUT2D eigenvalue weighted by atomic mass is 9.95. The maximum atomic E-state index is 13.4. The van der Waals surface area contributed by atoms with E-state index in [-0.39, 0.29) is 17.3 Å². The number of amides is 1. The Kier molecular flexibility index (Phi) is 6.20. The molecule has 1 aliphatic heterocycles. The van der Waals surface area contributed by atoms with E-state index in [2.05, 4.69) is 10.3 Å². The van der Waals surface area contributed by atoms with Gasteiger partial charge in [-0.25, -0.2) is 13.4 Å². The smallest absolute Gasteiger partial charge is 0.244 e. The Balaban J connectivity index is 1.54. The molecule has 31 heavy (non-hydrogen) atoms. The van der Waals surface area contributed by atoms with E-state index in [1.807, 2.05) is 42.0 Å². The van der Waals surface area contributed by atoms with Crippen molar-refractivity contribution >= 4 is 15.9 Å². The average Bonchev–Trinajstić information content (AvgIpc) is 3.29. The molecule has 2 heterocycles. The molecule has 0 aliphatic carbocycles. The third-order valence-corrected chi connectivity index (χ3v) is 7.46. The summed E-state index contributed by atoms with van der Waals surface area (Å²) >= 11 is 0. The average molecular weight is 439 g/mol. The van der Waals surface area contributed by atoms with Crippen molar-refractivity contribution in [3.05, 3.63) is 83.9 Å². The molecule has 0 saturated carbocycles. The van der Waals surface area contributed by atoms with Crippen molar-refractivity contribution in [3.63, 3.8) is 0 Å². The highest BCUT2D eigenvalue weighted by Crippen LogP contribution is 2.29. The summed E-state index contributed by atoms with van der Waals surface area (Å²) < 4.78 is 30.2. The van der Waals surface area contributed by atoms with Crippen LogP contribution in [0.2, 0.25) is 0 Å². The standard InChI is InChI=1S/C23H26N4O3S/c1-18-7-9-21(10-8-18)31(29,30)27-16-20-6-3-2-5-19(20)15-22(27)23(28)25-11-4-13-26-14-12-24-17-26/h2-3,5-10,12,14,17,22H,4,11,13,15-16H2,1H3,(H,25,28)/t22-/m1/s1. The van der Waals surface area contributed by atoms with Crippen molar-refractivity contribution in [2.45, 2.75) is 43.8 Å². The highest BCUT2D eigenvalue weighted by molar-refractivity contribution is 7.89. The van der Waals surface area contributed by atoms with Gasteiger partial charge in [0, 0.05) is 32.0 Å². The molecule has 7 nitrogen and oxygen atoms in total. The van der Waals surface area contributed by atoms with Crippen LogP contribution in [-0.4, -0.2) is 40.8 Å². The first-order valence-corrected chi connectivity index (χ1v) is 11.8. The van der Waals surface area contributed by atoms with E-state index in [0.717, 1.165) is 29.7 Å². The SMILES string of the molecule is Cc1ccc(S(=O)(=O)N2Cc3ccccc3C[C@@H]2C(=O)NCCCn2ccnc2)cc1. The Morgan fingerprint density at radius 3 is 2.58 bits per heavy atom. The lowest BCUT2D eigenvalue weighted by Crippen LogP contribution is -2.52. The van der Waals surface area contributed by atoms with Crippen LogP contribution in [0, 0.1) is 6.92 Å². The predicted octanol–water partition coefficient (Wildman–Crippen LogP) is 2.51. The first-order valence-electron chi connectivity index (χ1n) is 10.3. The number of sulfonamides is 1. The molecule has 1 aromatic heterocycles. The zero-order valence-electron chi connectivity index (χ0n) is 17.4. The van der Waals surface area contributed by atoms with Gasteiger partial charge in [-0.1, -0.05) is 42.0 Å². The number of hydrogen-bond acceptors (Lipinski definition) is 4. The minimum Gasteiger partial charge on any atom is -0.355 e. The third-order valence-electron chi connectivity index (χ3n) is 5.59. The molecule has 1 N–H and O–H groups in total. The molecule has 0 bridgehead atoms. The fourth-order valence-corrected chi connectivity index (χ4v) is 5.40. The highest BCUT2D eigenvalue weighted by Gasteiger charge is 2.39. The minimum absolute atomic E-state index is 0.180. The van der Waals surface area contributed by atoms with E-state index >= 15 is 0 Å².